The molecule has 0 radical (unpaired) electrons. The number of hydrogen-bond donors (Lipinski definition) is 2. The lowest BCUT2D eigenvalue weighted by Gasteiger charge is -2.05. The van der Waals surface area contributed by atoms with Gasteiger partial charge < -0.3 is 15.0 Å². The number of methoxy groups -OCH3 is 1. The van der Waals surface area contributed by atoms with E-state index < -0.39 is 0 Å². The van der Waals surface area contributed by atoms with Crippen molar-refractivity contribution in [2.24, 2.45) is 0 Å². The predicted molar refractivity (Wildman–Crippen MR) is 76.4 cm³/mol. The highest BCUT2D eigenvalue weighted by atomic mass is 16.5. The number of carbonyl (C=O) groups is 1. The molecule has 1 heterocycles. The predicted octanol–water partition coefficient (Wildman–Crippen LogP) is 1.92. The van der Waals surface area contributed by atoms with Gasteiger partial charge in [-0.2, -0.15) is 0 Å². The van der Waals surface area contributed by atoms with E-state index in [0.29, 0.717) is 18.7 Å². The van der Waals surface area contributed by atoms with Crippen molar-refractivity contribution in [2.75, 3.05) is 13.7 Å². The van der Waals surface area contributed by atoms with Crippen LogP contribution in [-0.2, 0) is 17.8 Å². The Kier molecular flexibility index (Phi) is 5.32. The van der Waals surface area contributed by atoms with Crippen LogP contribution in [-0.4, -0.2) is 29.5 Å². The van der Waals surface area contributed by atoms with Crippen LogP contribution < -0.4 is 5.32 Å². The number of nitrogens with one attached hydrogen (secondary N) is 2. The van der Waals surface area contributed by atoms with Crippen molar-refractivity contribution < 1.29 is 9.53 Å². The molecule has 5 heteroatoms. The van der Waals surface area contributed by atoms with Crippen molar-refractivity contribution in [1.82, 2.24) is 15.3 Å². The van der Waals surface area contributed by atoms with Crippen LogP contribution in [0.15, 0.2) is 36.7 Å². The number of hydrogen-bond acceptors (Lipinski definition) is 3. The van der Waals surface area contributed by atoms with Crippen LogP contribution in [0.1, 0.15) is 28.2 Å². The van der Waals surface area contributed by atoms with Gasteiger partial charge in [0.15, 0.2) is 0 Å². The molecule has 0 fully saturated rings. The molecule has 1 aromatic carbocycles. The van der Waals surface area contributed by atoms with Gasteiger partial charge in [-0.05, 0) is 24.1 Å². The van der Waals surface area contributed by atoms with E-state index >= 15 is 0 Å². The quantitative estimate of drug-likeness (QED) is 0.757. The molecular weight excluding hydrogens is 254 g/mol. The SMILES string of the molecule is COCc1ccc(C(=O)NCCCc2ncc[nH]2)cc1. The van der Waals surface area contributed by atoms with E-state index in [9.17, 15) is 4.79 Å². The maximum atomic E-state index is 11.9. The lowest BCUT2D eigenvalue weighted by Crippen LogP contribution is -2.24. The van der Waals surface area contributed by atoms with Gasteiger partial charge in [-0.1, -0.05) is 12.1 Å². The summed E-state index contributed by atoms with van der Waals surface area (Å²) in [5, 5.41) is 2.90. The highest BCUT2D eigenvalue weighted by Crippen LogP contribution is 2.05. The van der Waals surface area contributed by atoms with Crippen molar-refractivity contribution >= 4 is 5.91 Å². The average molecular weight is 273 g/mol. The highest BCUT2D eigenvalue weighted by molar-refractivity contribution is 5.94. The first kappa shape index (κ1) is 14.3. The molecule has 0 saturated carbocycles. The van der Waals surface area contributed by atoms with Gasteiger partial charge in [0.1, 0.15) is 5.82 Å². The smallest absolute Gasteiger partial charge is 0.251 e. The molecule has 0 aliphatic heterocycles. The minimum atomic E-state index is -0.0478. The number of ether oxygens (including phenoxy) is 1. The normalized spacial score (nSPS) is 10.4. The maximum absolute atomic E-state index is 11.9. The summed E-state index contributed by atoms with van der Waals surface area (Å²) in [6.07, 6.45) is 5.23. The van der Waals surface area contributed by atoms with E-state index in [2.05, 4.69) is 15.3 Å². The van der Waals surface area contributed by atoms with Gasteiger partial charge >= 0.3 is 0 Å². The van der Waals surface area contributed by atoms with Crippen molar-refractivity contribution in [3.05, 3.63) is 53.6 Å². The molecule has 0 aliphatic rings. The topological polar surface area (TPSA) is 67.0 Å². The Morgan fingerprint density at radius 2 is 2.15 bits per heavy atom. The number of carbonyl (C=O) groups excluding carboxylic acids is 1. The number of amides is 1. The van der Waals surface area contributed by atoms with Crippen LogP contribution in [0, 0.1) is 0 Å². The molecule has 1 aromatic heterocycles. The lowest BCUT2D eigenvalue weighted by atomic mass is 10.1. The molecule has 5 nitrogen and oxygen atoms in total. The summed E-state index contributed by atoms with van der Waals surface area (Å²) in [6, 6.07) is 7.44. The van der Waals surface area contributed by atoms with E-state index in [1.54, 1.807) is 19.5 Å². The third-order valence-electron chi connectivity index (χ3n) is 2.96. The van der Waals surface area contributed by atoms with Gasteiger partial charge in [0.2, 0.25) is 0 Å². The van der Waals surface area contributed by atoms with Gasteiger partial charge in [-0.15, -0.1) is 0 Å². The Balaban J connectivity index is 1.73. The summed E-state index contributed by atoms with van der Waals surface area (Å²) < 4.78 is 5.03. The Morgan fingerprint density at radius 3 is 2.80 bits per heavy atom. The summed E-state index contributed by atoms with van der Waals surface area (Å²) in [7, 11) is 1.65. The second-order valence-electron chi connectivity index (χ2n) is 4.53. The third kappa shape index (κ3) is 4.20. The Labute approximate surface area is 118 Å². The number of aromatic nitrogens is 2. The van der Waals surface area contributed by atoms with Gasteiger partial charge in [0.05, 0.1) is 6.61 Å². The lowest BCUT2D eigenvalue weighted by molar-refractivity contribution is 0.0953. The number of benzene rings is 1. The summed E-state index contributed by atoms with van der Waals surface area (Å²) in [6.45, 7) is 1.20. The zero-order chi connectivity index (χ0) is 14.2. The molecule has 0 aliphatic carbocycles. The molecule has 0 bridgehead atoms. The first-order valence-electron chi connectivity index (χ1n) is 6.64. The number of aromatic amines is 1. The number of H-pyrrole nitrogens is 1. The zero-order valence-corrected chi connectivity index (χ0v) is 11.6. The molecule has 0 saturated heterocycles. The third-order valence-corrected chi connectivity index (χ3v) is 2.96. The Hall–Kier alpha value is -2.14. The Bertz CT molecular complexity index is 521. The van der Waals surface area contributed by atoms with E-state index in [4.69, 9.17) is 4.74 Å². The molecule has 106 valence electrons. The fourth-order valence-corrected chi connectivity index (χ4v) is 1.91. The fraction of sp³-hybridized carbons (Fsp3) is 0.333. The standard InChI is InChI=1S/C15H19N3O2/c1-20-11-12-4-6-13(7-5-12)15(19)18-8-2-3-14-16-9-10-17-14/h4-7,9-10H,2-3,8,11H2,1H3,(H,16,17)(H,18,19). The van der Waals surface area contributed by atoms with Crippen LogP contribution in [0.25, 0.3) is 0 Å². The molecular formula is C15H19N3O2. The van der Waals surface area contributed by atoms with Crippen molar-refractivity contribution in [3.8, 4) is 0 Å². The molecule has 2 N–H and O–H groups in total. The molecule has 1 amide bonds. The highest BCUT2D eigenvalue weighted by Gasteiger charge is 2.04. The second kappa shape index (κ2) is 7.45. The number of nitrogens with zero attached hydrogens (tertiary/aromatic N) is 1. The van der Waals surface area contributed by atoms with Gasteiger partial charge in [0, 0.05) is 38.0 Å². The molecule has 20 heavy (non-hydrogen) atoms. The van der Waals surface area contributed by atoms with Crippen molar-refractivity contribution in [3.63, 3.8) is 0 Å². The largest absolute Gasteiger partial charge is 0.380 e. The molecule has 0 unspecified atom stereocenters. The number of rotatable bonds is 7. The second-order valence-corrected chi connectivity index (χ2v) is 4.53. The van der Waals surface area contributed by atoms with E-state index in [1.807, 2.05) is 24.3 Å². The van der Waals surface area contributed by atoms with E-state index in [-0.39, 0.29) is 5.91 Å². The molecule has 0 spiro atoms. The van der Waals surface area contributed by atoms with Crippen LogP contribution >= 0.6 is 0 Å². The minimum absolute atomic E-state index is 0.0478. The first-order chi connectivity index (χ1) is 9.79. The van der Waals surface area contributed by atoms with Gasteiger partial charge in [-0.3, -0.25) is 4.79 Å². The number of aryl methyl sites for hydroxylation is 1. The van der Waals surface area contributed by atoms with E-state index in [1.165, 1.54) is 0 Å². The fourth-order valence-electron chi connectivity index (χ4n) is 1.91. The monoisotopic (exact) mass is 273 g/mol. The summed E-state index contributed by atoms with van der Waals surface area (Å²) in [4.78, 5) is 19.1. The van der Waals surface area contributed by atoms with Crippen LogP contribution in [0.2, 0.25) is 0 Å². The summed E-state index contributed by atoms with van der Waals surface area (Å²) in [5.74, 6) is 0.900. The Morgan fingerprint density at radius 1 is 1.35 bits per heavy atom. The summed E-state index contributed by atoms with van der Waals surface area (Å²) >= 11 is 0. The molecule has 2 aromatic rings. The maximum Gasteiger partial charge on any atom is 0.251 e. The molecule has 2 rings (SSSR count). The number of imidazole rings is 1. The average Bonchev–Trinajstić information content (AvgIpc) is 2.98. The van der Waals surface area contributed by atoms with E-state index in [0.717, 1.165) is 24.2 Å². The van der Waals surface area contributed by atoms with Crippen LogP contribution in [0.4, 0.5) is 0 Å². The van der Waals surface area contributed by atoms with Crippen LogP contribution in [0.5, 0.6) is 0 Å². The van der Waals surface area contributed by atoms with Crippen molar-refractivity contribution in [2.45, 2.75) is 19.4 Å². The van der Waals surface area contributed by atoms with Gasteiger partial charge in [0.25, 0.3) is 5.91 Å². The molecule has 0 atom stereocenters. The zero-order valence-electron chi connectivity index (χ0n) is 11.6. The van der Waals surface area contributed by atoms with Crippen LogP contribution in [0.3, 0.4) is 0 Å². The minimum Gasteiger partial charge on any atom is -0.380 e. The summed E-state index contributed by atoms with van der Waals surface area (Å²) in [5.41, 5.74) is 1.73. The van der Waals surface area contributed by atoms with Gasteiger partial charge in [-0.25, -0.2) is 4.98 Å². The van der Waals surface area contributed by atoms with Crippen molar-refractivity contribution in [1.29, 1.82) is 0 Å². The first-order valence-corrected chi connectivity index (χ1v) is 6.64.